The van der Waals surface area contributed by atoms with Gasteiger partial charge in [-0.1, -0.05) is 46.3 Å². The van der Waals surface area contributed by atoms with Crippen LogP contribution in [-0.4, -0.2) is 40.5 Å². The Morgan fingerprint density at radius 3 is 2.65 bits per heavy atom. The summed E-state index contributed by atoms with van der Waals surface area (Å²) >= 11 is 3.35. The minimum atomic E-state index is -0.405. The van der Waals surface area contributed by atoms with E-state index in [0.29, 0.717) is 11.6 Å². The van der Waals surface area contributed by atoms with Gasteiger partial charge in [0.1, 0.15) is 0 Å². The molecule has 2 N–H and O–H groups in total. The molecule has 0 radical (unpaired) electrons. The van der Waals surface area contributed by atoms with Crippen molar-refractivity contribution < 1.29 is 15.1 Å². The molecule has 0 saturated carbocycles. The first kappa shape index (κ1) is 18.6. The Morgan fingerprint density at radius 1 is 1.23 bits per heavy atom. The number of hydrogen-bond acceptors (Lipinski definition) is 4. The molecule has 26 heavy (non-hydrogen) atoms. The Hall–Kier alpha value is -2.15. The molecule has 1 amide bonds. The van der Waals surface area contributed by atoms with Crippen LogP contribution < -0.4 is 4.90 Å². The predicted octanol–water partition coefficient (Wildman–Crippen LogP) is 3.45. The molecule has 0 bridgehead atoms. The number of hydroxylamine groups is 2. The van der Waals surface area contributed by atoms with E-state index in [0.717, 1.165) is 34.3 Å². The maximum absolute atomic E-state index is 12.2. The monoisotopic (exact) mass is 416 g/mol. The molecule has 0 unspecified atom stereocenters. The molecule has 0 aromatic heterocycles. The van der Waals surface area contributed by atoms with Gasteiger partial charge in [0.25, 0.3) is 5.91 Å². The zero-order chi connectivity index (χ0) is 18.5. The third kappa shape index (κ3) is 4.72. The van der Waals surface area contributed by atoms with Crippen molar-refractivity contribution in [1.82, 2.24) is 5.06 Å². The maximum atomic E-state index is 12.2. The quantitative estimate of drug-likeness (QED) is 0.578. The highest BCUT2D eigenvalue weighted by molar-refractivity contribution is 9.10. The van der Waals surface area contributed by atoms with E-state index < -0.39 is 5.91 Å². The summed E-state index contributed by atoms with van der Waals surface area (Å²) in [5.41, 5.74) is 2.70. The number of anilines is 1. The maximum Gasteiger partial charge on any atom is 0.254 e. The fourth-order valence-corrected chi connectivity index (χ4v) is 3.23. The summed E-state index contributed by atoms with van der Waals surface area (Å²) in [7, 11) is 0. The van der Waals surface area contributed by atoms with Gasteiger partial charge in [0.05, 0.1) is 12.5 Å². The lowest BCUT2D eigenvalue weighted by Gasteiger charge is -2.20. The first-order valence-corrected chi connectivity index (χ1v) is 9.28. The van der Waals surface area contributed by atoms with Crippen LogP contribution in [0.1, 0.15) is 17.5 Å². The number of para-hydroxylation sites is 1. The molecule has 1 aliphatic rings. The van der Waals surface area contributed by atoms with Gasteiger partial charge in [-0.15, -0.1) is 0 Å². The second kappa shape index (κ2) is 8.49. The first-order chi connectivity index (χ1) is 12.5. The lowest BCUT2D eigenvalue weighted by molar-refractivity contribution is -0.153. The Kier molecular flexibility index (Phi) is 6.08. The number of amides is 1. The van der Waals surface area contributed by atoms with E-state index >= 15 is 0 Å². The molecule has 1 fully saturated rings. The minimum absolute atomic E-state index is 0.119. The van der Waals surface area contributed by atoms with Crippen LogP contribution in [0, 0.1) is 0 Å². The standard InChI is InChI=1S/C20H21BrN2O3/c21-17-7-5-15(6-8-17)13-20(25)23(26)12-9-16-3-1-2-4-19(16)22-11-10-18(24)14-22/h1-9,12,18,24,26H,10-11,13-14H2/t18-/m0/s1. The van der Waals surface area contributed by atoms with Crippen LogP contribution in [0.25, 0.3) is 6.08 Å². The van der Waals surface area contributed by atoms with Crippen LogP contribution in [0.5, 0.6) is 0 Å². The number of β-amino-alcohol motifs (C(OH)–C–C–N with tert-alkyl or cyclic N) is 1. The van der Waals surface area contributed by atoms with Gasteiger partial charge in [-0.2, -0.15) is 5.06 Å². The topological polar surface area (TPSA) is 64.0 Å². The summed E-state index contributed by atoms with van der Waals surface area (Å²) in [6.07, 6.45) is 3.63. The number of nitrogens with zero attached hydrogens (tertiary/aromatic N) is 2. The highest BCUT2D eigenvalue weighted by Crippen LogP contribution is 2.25. The molecule has 1 saturated heterocycles. The summed E-state index contributed by atoms with van der Waals surface area (Å²) < 4.78 is 0.943. The van der Waals surface area contributed by atoms with Gasteiger partial charge in [-0.25, -0.2) is 0 Å². The molecule has 2 aromatic rings. The number of benzene rings is 2. The Balaban J connectivity index is 1.67. The number of aliphatic hydroxyl groups is 1. The molecule has 1 atom stereocenters. The zero-order valence-corrected chi connectivity index (χ0v) is 15.8. The summed E-state index contributed by atoms with van der Waals surface area (Å²) in [4.78, 5) is 14.3. The highest BCUT2D eigenvalue weighted by Gasteiger charge is 2.21. The average molecular weight is 417 g/mol. The number of rotatable bonds is 5. The van der Waals surface area contributed by atoms with Crippen LogP contribution in [-0.2, 0) is 11.2 Å². The molecule has 0 spiro atoms. The Morgan fingerprint density at radius 2 is 1.96 bits per heavy atom. The summed E-state index contributed by atoms with van der Waals surface area (Å²) in [6.45, 7) is 1.38. The molecular weight excluding hydrogens is 396 g/mol. The van der Waals surface area contributed by atoms with Crippen LogP contribution in [0.4, 0.5) is 5.69 Å². The van der Waals surface area contributed by atoms with E-state index in [4.69, 9.17) is 0 Å². The minimum Gasteiger partial charge on any atom is -0.391 e. The fourth-order valence-electron chi connectivity index (χ4n) is 2.97. The number of aliphatic hydroxyl groups excluding tert-OH is 1. The van der Waals surface area contributed by atoms with Gasteiger partial charge in [0.15, 0.2) is 0 Å². The van der Waals surface area contributed by atoms with Crippen molar-refractivity contribution in [3.8, 4) is 0 Å². The highest BCUT2D eigenvalue weighted by atomic mass is 79.9. The third-order valence-corrected chi connectivity index (χ3v) is 4.89. The summed E-state index contributed by atoms with van der Waals surface area (Å²) in [5, 5.41) is 20.4. The van der Waals surface area contributed by atoms with Crippen molar-refractivity contribution >= 4 is 33.6 Å². The number of carbonyl (C=O) groups is 1. The number of halogens is 1. The van der Waals surface area contributed by atoms with Crippen molar-refractivity contribution in [2.24, 2.45) is 0 Å². The molecule has 136 valence electrons. The SMILES string of the molecule is O=C(Cc1ccc(Br)cc1)N(O)C=Cc1ccccc1N1CC[C@H](O)C1. The van der Waals surface area contributed by atoms with Crippen molar-refractivity contribution in [2.45, 2.75) is 18.9 Å². The zero-order valence-electron chi connectivity index (χ0n) is 14.3. The predicted molar refractivity (Wildman–Crippen MR) is 105 cm³/mol. The van der Waals surface area contributed by atoms with Gasteiger partial charge >= 0.3 is 0 Å². The van der Waals surface area contributed by atoms with Crippen LogP contribution in [0.15, 0.2) is 59.2 Å². The first-order valence-electron chi connectivity index (χ1n) is 8.48. The van der Waals surface area contributed by atoms with E-state index in [1.54, 1.807) is 6.08 Å². The lowest BCUT2D eigenvalue weighted by Crippen LogP contribution is -2.24. The van der Waals surface area contributed by atoms with E-state index in [9.17, 15) is 15.1 Å². The van der Waals surface area contributed by atoms with E-state index in [1.807, 2.05) is 48.5 Å². The third-order valence-electron chi connectivity index (χ3n) is 4.36. The molecule has 1 heterocycles. The molecule has 5 nitrogen and oxygen atoms in total. The van der Waals surface area contributed by atoms with Crippen molar-refractivity contribution in [3.63, 3.8) is 0 Å². The second-order valence-corrected chi connectivity index (χ2v) is 7.22. The molecule has 3 rings (SSSR count). The van der Waals surface area contributed by atoms with Gasteiger partial charge in [0, 0.05) is 29.4 Å². The normalized spacial score (nSPS) is 17.0. The second-order valence-electron chi connectivity index (χ2n) is 6.30. The van der Waals surface area contributed by atoms with Gasteiger partial charge in [-0.05, 0) is 41.8 Å². The lowest BCUT2D eigenvalue weighted by atomic mass is 10.1. The number of carbonyl (C=O) groups excluding carboxylic acids is 1. The van der Waals surface area contributed by atoms with E-state index in [-0.39, 0.29) is 12.5 Å². The van der Waals surface area contributed by atoms with Crippen LogP contribution in [0.3, 0.4) is 0 Å². The van der Waals surface area contributed by atoms with Gasteiger partial charge < -0.3 is 10.0 Å². The van der Waals surface area contributed by atoms with E-state index in [2.05, 4.69) is 20.8 Å². The van der Waals surface area contributed by atoms with Crippen molar-refractivity contribution in [1.29, 1.82) is 0 Å². The van der Waals surface area contributed by atoms with Gasteiger partial charge in [-0.3, -0.25) is 10.0 Å². The average Bonchev–Trinajstić information content (AvgIpc) is 3.08. The molecule has 0 aliphatic carbocycles. The van der Waals surface area contributed by atoms with Gasteiger partial charge in [0.2, 0.25) is 0 Å². The fraction of sp³-hybridized carbons (Fsp3) is 0.250. The largest absolute Gasteiger partial charge is 0.391 e. The van der Waals surface area contributed by atoms with Crippen molar-refractivity contribution in [3.05, 3.63) is 70.3 Å². The summed E-state index contributed by atoms with van der Waals surface area (Å²) in [5.74, 6) is -0.405. The van der Waals surface area contributed by atoms with Crippen molar-refractivity contribution in [2.75, 3.05) is 18.0 Å². The van der Waals surface area contributed by atoms with Crippen LogP contribution in [0.2, 0.25) is 0 Å². The van der Waals surface area contributed by atoms with E-state index in [1.165, 1.54) is 6.20 Å². The summed E-state index contributed by atoms with van der Waals surface area (Å²) in [6, 6.07) is 15.1. The van der Waals surface area contributed by atoms with Crippen LogP contribution >= 0.6 is 15.9 Å². The molecule has 1 aliphatic heterocycles. The molecule has 6 heteroatoms. The molecule has 2 aromatic carbocycles. The Bertz CT molecular complexity index is 792. The Labute approximate surface area is 161 Å². The smallest absolute Gasteiger partial charge is 0.254 e. The number of hydrogen-bond donors (Lipinski definition) is 2. The molecular formula is C20H21BrN2O3.